The molecule has 1 aromatic heterocycles. The Hall–Kier alpha value is -0.00571. The summed E-state index contributed by atoms with van der Waals surface area (Å²) in [7, 11) is 0. The molecule has 8 heavy (non-hydrogen) atoms. The number of aryl methyl sites for hydroxylation is 2. The van der Waals surface area contributed by atoms with Crippen molar-refractivity contribution in [1.29, 1.82) is 0 Å². The average molecular weight is 142 g/mol. The van der Waals surface area contributed by atoms with E-state index in [0.29, 0.717) is 0 Å². The normalized spacial score (nSPS) is 8.25. The van der Waals surface area contributed by atoms with Gasteiger partial charge in [0.2, 0.25) is 0 Å². The van der Waals surface area contributed by atoms with E-state index < -0.39 is 0 Å². The van der Waals surface area contributed by atoms with Crippen molar-refractivity contribution >= 4 is 0 Å². The minimum Gasteiger partial charge on any atom is -0.665 e. The maximum absolute atomic E-state index is 4.11. The first kappa shape index (κ1) is 7.99. The van der Waals surface area contributed by atoms with Crippen LogP contribution in [0.25, 0.3) is 0 Å². The van der Waals surface area contributed by atoms with E-state index in [-0.39, 0.29) is 21.7 Å². The Morgan fingerprint density at radius 3 is 1.62 bits per heavy atom. The van der Waals surface area contributed by atoms with Crippen molar-refractivity contribution in [1.82, 2.24) is 4.98 Å². The molecule has 0 spiro atoms. The van der Waals surface area contributed by atoms with Gasteiger partial charge < -0.3 is 4.98 Å². The van der Waals surface area contributed by atoms with Crippen molar-refractivity contribution in [3.8, 4) is 0 Å². The van der Waals surface area contributed by atoms with Crippen molar-refractivity contribution in [2.75, 3.05) is 0 Å². The Kier molecular flexibility index (Phi) is 3.10. The topological polar surface area (TPSA) is 14.1 Å². The third kappa shape index (κ3) is 1.85. The molecule has 1 heterocycles. The fraction of sp³-hybridized carbons (Fsp3) is 0.333. The second-order valence-corrected chi connectivity index (χ2v) is 1.73. The minimum atomic E-state index is 0. The summed E-state index contributed by atoms with van der Waals surface area (Å²) in [6.45, 7) is 3.99. The summed E-state index contributed by atoms with van der Waals surface area (Å²) < 4.78 is 0. The van der Waals surface area contributed by atoms with E-state index in [4.69, 9.17) is 0 Å². The maximum atomic E-state index is 4.11. The number of aromatic nitrogens is 1. The van der Waals surface area contributed by atoms with Gasteiger partial charge in [-0.05, 0) is 0 Å². The number of nitrogens with zero attached hydrogens (tertiary/aromatic N) is 1. The Labute approximate surface area is 64.4 Å². The summed E-state index contributed by atoms with van der Waals surface area (Å²) >= 11 is 0. The first-order valence-electron chi connectivity index (χ1n) is 2.36. The monoisotopic (exact) mass is 142 g/mol. The Morgan fingerprint density at radius 1 is 1.12 bits per heavy atom. The van der Waals surface area contributed by atoms with E-state index in [0.717, 1.165) is 11.4 Å². The van der Waals surface area contributed by atoms with Crippen LogP contribution in [0.15, 0.2) is 12.1 Å². The second kappa shape index (κ2) is 3.11. The van der Waals surface area contributed by atoms with E-state index in [2.05, 4.69) is 4.98 Å². The van der Waals surface area contributed by atoms with E-state index in [1.54, 1.807) is 0 Å². The summed E-state index contributed by atoms with van der Waals surface area (Å²) in [6, 6.07) is 4.02. The second-order valence-electron chi connectivity index (χ2n) is 1.73. The van der Waals surface area contributed by atoms with Gasteiger partial charge >= 0.3 is 0 Å². The molecule has 1 rings (SSSR count). The van der Waals surface area contributed by atoms with Crippen LogP contribution in [-0.4, -0.2) is 0 Å². The molecule has 0 fully saturated rings. The summed E-state index contributed by atoms with van der Waals surface area (Å²) in [5, 5.41) is 0. The summed E-state index contributed by atoms with van der Waals surface area (Å²) in [4.78, 5) is 4.11. The molecular formula is C6H8NTi-. The molecule has 0 radical (unpaired) electrons. The molecule has 0 N–H and O–H groups in total. The van der Waals surface area contributed by atoms with Crippen LogP contribution in [0.2, 0.25) is 0 Å². The zero-order valence-corrected chi connectivity index (χ0v) is 6.66. The van der Waals surface area contributed by atoms with E-state index in [1.165, 1.54) is 0 Å². The Bertz CT molecular complexity index is 141. The van der Waals surface area contributed by atoms with Crippen LogP contribution in [0.3, 0.4) is 0 Å². The molecule has 0 atom stereocenters. The predicted octanol–water partition coefficient (Wildman–Crippen LogP) is 1.26. The van der Waals surface area contributed by atoms with Crippen LogP contribution in [0.5, 0.6) is 0 Å². The number of hydrogen-bond donors (Lipinski definition) is 0. The molecule has 0 aromatic carbocycles. The van der Waals surface area contributed by atoms with Gasteiger partial charge in [0.15, 0.2) is 0 Å². The smallest absolute Gasteiger partial charge is 0 e. The zero-order chi connectivity index (χ0) is 5.28. The van der Waals surface area contributed by atoms with Gasteiger partial charge in [0, 0.05) is 21.7 Å². The first-order chi connectivity index (χ1) is 3.29. The Morgan fingerprint density at radius 2 is 1.50 bits per heavy atom. The summed E-state index contributed by atoms with van der Waals surface area (Å²) in [5.74, 6) is 0. The van der Waals surface area contributed by atoms with Gasteiger partial charge in [-0.2, -0.15) is 11.4 Å². The molecule has 0 bridgehead atoms. The van der Waals surface area contributed by atoms with Crippen LogP contribution < -0.4 is 4.98 Å². The molecule has 0 aliphatic heterocycles. The van der Waals surface area contributed by atoms with E-state index in [1.807, 2.05) is 26.0 Å². The third-order valence-electron chi connectivity index (χ3n) is 0.918. The van der Waals surface area contributed by atoms with Gasteiger partial charge in [-0.3, -0.25) is 0 Å². The van der Waals surface area contributed by atoms with Gasteiger partial charge in [-0.25, -0.2) is 0 Å². The molecule has 0 saturated heterocycles. The molecule has 1 nitrogen and oxygen atoms in total. The summed E-state index contributed by atoms with van der Waals surface area (Å²) in [6.07, 6.45) is 0. The molecule has 42 valence electrons. The van der Waals surface area contributed by atoms with E-state index in [9.17, 15) is 0 Å². The van der Waals surface area contributed by atoms with Crippen molar-refractivity contribution < 1.29 is 21.7 Å². The maximum Gasteiger partial charge on any atom is 0 e. The zero-order valence-electron chi connectivity index (χ0n) is 5.10. The Balaban J connectivity index is 0.000000490. The largest absolute Gasteiger partial charge is 0.665 e. The molecule has 0 aliphatic rings. The van der Waals surface area contributed by atoms with Crippen LogP contribution in [0, 0.1) is 13.8 Å². The average Bonchev–Trinajstić information content (AvgIpc) is 1.87. The van der Waals surface area contributed by atoms with E-state index >= 15 is 0 Å². The molecule has 0 aliphatic carbocycles. The number of hydrogen-bond acceptors (Lipinski definition) is 0. The van der Waals surface area contributed by atoms with Crippen molar-refractivity contribution in [2.45, 2.75) is 13.8 Å². The minimum absolute atomic E-state index is 0. The summed E-state index contributed by atoms with van der Waals surface area (Å²) in [5.41, 5.74) is 2.22. The molecule has 2 heteroatoms. The van der Waals surface area contributed by atoms with Crippen LogP contribution in [0.1, 0.15) is 11.4 Å². The molecular weight excluding hydrogens is 134 g/mol. The van der Waals surface area contributed by atoms with Crippen LogP contribution in [-0.2, 0) is 21.7 Å². The van der Waals surface area contributed by atoms with Gasteiger partial charge in [0.25, 0.3) is 0 Å². The van der Waals surface area contributed by atoms with Crippen molar-refractivity contribution in [3.63, 3.8) is 0 Å². The van der Waals surface area contributed by atoms with Gasteiger partial charge in [-0.15, -0.1) is 0 Å². The molecule has 0 saturated carbocycles. The van der Waals surface area contributed by atoms with Gasteiger partial charge in [-0.1, -0.05) is 26.0 Å². The first-order valence-corrected chi connectivity index (χ1v) is 2.36. The SMILES string of the molecule is Cc1ccc(C)[n-]1.[Ti]. The number of rotatable bonds is 0. The van der Waals surface area contributed by atoms with Crippen LogP contribution >= 0.6 is 0 Å². The van der Waals surface area contributed by atoms with Crippen LogP contribution in [0.4, 0.5) is 0 Å². The van der Waals surface area contributed by atoms with Crippen molar-refractivity contribution in [3.05, 3.63) is 23.5 Å². The molecule has 0 unspecified atom stereocenters. The standard InChI is InChI=1S/C6H8N.Ti/c1-5-3-4-6(2)7-5;/h3-4H,1-2H3;/q-1;. The quantitative estimate of drug-likeness (QED) is 0.497. The van der Waals surface area contributed by atoms with Gasteiger partial charge in [0.05, 0.1) is 0 Å². The fourth-order valence-electron chi connectivity index (χ4n) is 0.594. The molecule has 0 amide bonds. The van der Waals surface area contributed by atoms with Crippen molar-refractivity contribution in [2.24, 2.45) is 0 Å². The molecule has 1 aromatic rings. The predicted molar refractivity (Wildman–Crippen MR) is 29.2 cm³/mol. The fourth-order valence-corrected chi connectivity index (χ4v) is 0.594. The van der Waals surface area contributed by atoms with Gasteiger partial charge in [0.1, 0.15) is 0 Å². The third-order valence-corrected chi connectivity index (χ3v) is 0.918.